The highest BCUT2D eigenvalue weighted by Gasteiger charge is 2.21. The van der Waals surface area contributed by atoms with E-state index in [1.165, 1.54) is 12.1 Å². The highest BCUT2D eigenvalue weighted by atomic mass is 19.2. The van der Waals surface area contributed by atoms with E-state index < -0.39 is 11.6 Å². The Bertz CT molecular complexity index is 442. The van der Waals surface area contributed by atoms with E-state index in [0.29, 0.717) is 6.42 Å². The van der Waals surface area contributed by atoms with Crippen LogP contribution >= 0.6 is 0 Å². The smallest absolute Gasteiger partial charge is 0.160 e. The van der Waals surface area contributed by atoms with Crippen LogP contribution in [0.2, 0.25) is 0 Å². The second-order valence-electron chi connectivity index (χ2n) is 4.82. The fourth-order valence-electron chi connectivity index (χ4n) is 2.45. The molecule has 1 aromatic carbocycles. The van der Waals surface area contributed by atoms with E-state index in [1.54, 1.807) is 0 Å². The quantitative estimate of drug-likeness (QED) is 0.768. The minimum absolute atomic E-state index is 0.0896. The van der Waals surface area contributed by atoms with Gasteiger partial charge in [-0.05, 0) is 30.4 Å². The minimum Gasteiger partial charge on any atom is -0.371 e. The second-order valence-corrected chi connectivity index (χ2v) is 4.82. The van der Waals surface area contributed by atoms with E-state index in [9.17, 15) is 13.6 Å². The van der Waals surface area contributed by atoms with Gasteiger partial charge in [0.2, 0.25) is 0 Å². The zero-order valence-electron chi connectivity index (χ0n) is 10.5. The molecule has 1 unspecified atom stereocenters. The molecule has 18 heavy (non-hydrogen) atoms. The zero-order valence-corrected chi connectivity index (χ0v) is 10.5. The van der Waals surface area contributed by atoms with Gasteiger partial charge in [-0.3, -0.25) is 0 Å². The van der Waals surface area contributed by atoms with Gasteiger partial charge >= 0.3 is 0 Å². The summed E-state index contributed by atoms with van der Waals surface area (Å²) in [4.78, 5) is 12.7. The first-order chi connectivity index (χ1) is 8.63. The summed E-state index contributed by atoms with van der Waals surface area (Å²) in [5.74, 6) is -1.75. The molecule has 0 bridgehead atoms. The lowest BCUT2D eigenvalue weighted by molar-refractivity contribution is -0.108. The van der Waals surface area contributed by atoms with Crippen molar-refractivity contribution in [3.63, 3.8) is 0 Å². The number of carbonyl (C=O) groups excluding carboxylic acids is 1. The summed E-state index contributed by atoms with van der Waals surface area (Å²) in [5, 5.41) is 0. The van der Waals surface area contributed by atoms with Gasteiger partial charge < -0.3 is 9.69 Å². The van der Waals surface area contributed by atoms with Gasteiger partial charge in [-0.1, -0.05) is 6.92 Å². The molecule has 0 aliphatic carbocycles. The van der Waals surface area contributed by atoms with Gasteiger partial charge in [-0.2, -0.15) is 0 Å². The number of nitrogens with zero attached hydrogens (tertiary/aromatic N) is 1. The van der Waals surface area contributed by atoms with E-state index in [0.717, 1.165) is 43.5 Å². The zero-order chi connectivity index (χ0) is 13.1. The third-order valence-electron chi connectivity index (χ3n) is 3.50. The van der Waals surface area contributed by atoms with Gasteiger partial charge in [-0.25, -0.2) is 8.78 Å². The first-order valence-corrected chi connectivity index (χ1v) is 6.31. The van der Waals surface area contributed by atoms with Crippen molar-refractivity contribution in [1.82, 2.24) is 0 Å². The molecule has 1 atom stereocenters. The van der Waals surface area contributed by atoms with Crippen LogP contribution in [-0.4, -0.2) is 19.4 Å². The van der Waals surface area contributed by atoms with Crippen molar-refractivity contribution in [2.75, 3.05) is 18.0 Å². The van der Waals surface area contributed by atoms with Crippen LogP contribution in [0.25, 0.3) is 0 Å². The second kappa shape index (κ2) is 5.46. The predicted molar refractivity (Wildman–Crippen MR) is 66.9 cm³/mol. The Morgan fingerprint density at radius 3 is 2.50 bits per heavy atom. The molecule has 4 heteroatoms. The third-order valence-corrected chi connectivity index (χ3v) is 3.50. The van der Waals surface area contributed by atoms with E-state index >= 15 is 0 Å². The molecular formula is C14H17F2NO. The van der Waals surface area contributed by atoms with E-state index in [1.807, 2.05) is 6.92 Å². The summed E-state index contributed by atoms with van der Waals surface area (Å²) in [6.07, 6.45) is 3.28. The first kappa shape index (κ1) is 13.0. The van der Waals surface area contributed by atoms with Crippen LogP contribution in [0, 0.1) is 11.6 Å². The number of carbonyl (C=O) groups is 1. The van der Waals surface area contributed by atoms with Gasteiger partial charge in [0, 0.05) is 31.3 Å². The Morgan fingerprint density at radius 2 is 1.89 bits per heavy atom. The van der Waals surface area contributed by atoms with Gasteiger partial charge in [0.05, 0.1) is 0 Å². The largest absolute Gasteiger partial charge is 0.371 e. The standard InChI is InChI=1S/C14H17F2NO/c1-10(4-7-18)11-8-12(15)13(16)9-14(11)17-5-2-3-6-17/h7-10H,2-6H2,1H3. The molecule has 1 aliphatic heterocycles. The number of aldehydes is 1. The fraction of sp³-hybridized carbons (Fsp3) is 0.500. The Hall–Kier alpha value is -1.45. The fourth-order valence-corrected chi connectivity index (χ4v) is 2.45. The minimum atomic E-state index is -0.842. The van der Waals surface area contributed by atoms with Crippen molar-refractivity contribution in [3.8, 4) is 0 Å². The lowest BCUT2D eigenvalue weighted by atomic mass is 9.95. The van der Waals surface area contributed by atoms with Crippen LogP contribution in [0.1, 0.15) is 37.7 Å². The van der Waals surface area contributed by atoms with E-state index in [4.69, 9.17) is 0 Å². The van der Waals surface area contributed by atoms with Crippen LogP contribution in [0.15, 0.2) is 12.1 Å². The SMILES string of the molecule is CC(CC=O)c1cc(F)c(F)cc1N1CCCC1. The molecule has 0 amide bonds. The van der Waals surface area contributed by atoms with Crippen LogP contribution in [0.5, 0.6) is 0 Å². The van der Waals surface area contributed by atoms with Gasteiger partial charge in [0.15, 0.2) is 11.6 Å². The maximum Gasteiger partial charge on any atom is 0.160 e. The summed E-state index contributed by atoms with van der Waals surface area (Å²) >= 11 is 0. The number of anilines is 1. The van der Waals surface area contributed by atoms with Crippen LogP contribution < -0.4 is 4.90 Å². The summed E-state index contributed by atoms with van der Waals surface area (Å²) in [6.45, 7) is 3.60. The summed E-state index contributed by atoms with van der Waals surface area (Å²) in [5.41, 5.74) is 1.46. The van der Waals surface area contributed by atoms with Crippen molar-refractivity contribution >= 4 is 12.0 Å². The van der Waals surface area contributed by atoms with Gasteiger partial charge in [0.1, 0.15) is 6.29 Å². The van der Waals surface area contributed by atoms with Crippen molar-refractivity contribution in [2.45, 2.75) is 32.1 Å². The van der Waals surface area contributed by atoms with Crippen LogP contribution in [0.4, 0.5) is 14.5 Å². The molecule has 98 valence electrons. The van der Waals surface area contributed by atoms with Crippen LogP contribution in [-0.2, 0) is 4.79 Å². The molecular weight excluding hydrogens is 236 g/mol. The number of halogens is 2. The lowest BCUT2D eigenvalue weighted by Crippen LogP contribution is -2.20. The normalized spacial score (nSPS) is 16.9. The Labute approximate surface area is 106 Å². The molecule has 0 radical (unpaired) electrons. The van der Waals surface area contributed by atoms with Crippen molar-refractivity contribution in [1.29, 1.82) is 0 Å². The number of hydrogen-bond acceptors (Lipinski definition) is 2. The molecule has 1 fully saturated rings. The van der Waals surface area contributed by atoms with Gasteiger partial charge in [0.25, 0.3) is 0 Å². The number of benzene rings is 1. The van der Waals surface area contributed by atoms with Crippen LogP contribution in [0.3, 0.4) is 0 Å². The molecule has 1 aromatic rings. The molecule has 2 rings (SSSR count). The topological polar surface area (TPSA) is 20.3 Å². The number of rotatable bonds is 4. The first-order valence-electron chi connectivity index (χ1n) is 6.31. The Balaban J connectivity index is 2.40. The molecule has 0 aromatic heterocycles. The summed E-state index contributed by atoms with van der Waals surface area (Å²) < 4.78 is 26.8. The Kier molecular flexibility index (Phi) is 3.94. The monoisotopic (exact) mass is 253 g/mol. The summed E-state index contributed by atoms with van der Waals surface area (Å²) in [7, 11) is 0. The molecule has 1 heterocycles. The highest BCUT2D eigenvalue weighted by Crippen LogP contribution is 2.33. The third kappa shape index (κ3) is 2.52. The average Bonchev–Trinajstić information content (AvgIpc) is 2.86. The molecule has 0 spiro atoms. The maximum atomic E-state index is 13.4. The van der Waals surface area contributed by atoms with Gasteiger partial charge in [-0.15, -0.1) is 0 Å². The summed E-state index contributed by atoms with van der Waals surface area (Å²) in [6, 6.07) is 2.49. The van der Waals surface area contributed by atoms with Crippen molar-refractivity contribution in [3.05, 3.63) is 29.3 Å². The average molecular weight is 253 g/mol. The van der Waals surface area contributed by atoms with Crippen molar-refractivity contribution < 1.29 is 13.6 Å². The maximum absolute atomic E-state index is 13.4. The predicted octanol–water partition coefficient (Wildman–Crippen LogP) is 3.26. The van der Waals surface area contributed by atoms with Crippen molar-refractivity contribution in [2.24, 2.45) is 0 Å². The van der Waals surface area contributed by atoms with E-state index in [2.05, 4.69) is 4.90 Å². The molecule has 0 N–H and O–H groups in total. The van der Waals surface area contributed by atoms with E-state index in [-0.39, 0.29) is 5.92 Å². The molecule has 0 saturated carbocycles. The molecule has 2 nitrogen and oxygen atoms in total. The highest BCUT2D eigenvalue weighted by molar-refractivity contribution is 5.59. The lowest BCUT2D eigenvalue weighted by Gasteiger charge is -2.24. The Morgan fingerprint density at radius 1 is 1.28 bits per heavy atom. The molecule has 1 aliphatic rings. The molecule has 1 saturated heterocycles. The number of hydrogen-bond donors (Lipinski definition) is 0.